The smallest absolute Gasteiger partial charge is 0.104 e. The molecule has 0 N–H and O–H groups in total. The standard InChI is InChI=1S/C48H50N4/c1-45(2,3)30-14-19-39-34(23-30)35-24-31(46(4,5)6)15-20-40(35)51(39)43-18-13-29(27-49)44(38(43)28-50)52-41-21-16-32(47(7,8)9)25-36(41)37-26-33(48(10,11)12)17-22-42(37)52/h13-26H,1-12H3. The van der Waals surface area contributed by atoms with Crippen molar-refractivity contribution in [3.05, 3.63) is 118 Å². The van der Waals surface area contributed by atoms with Crippen molar-refractivity contribution in [3.63, 3.8) is 0 Å². The number of nitrogens with zero attached hydrogens (tertiary/aromatic N) is 4. The van der Waals surface area contributed by atoms with Crippen molar-refractivity contribution in [2.24, 2.45) is 0 Å². The van der Waals surface area contributed by atoms with Crippen LogP contribution in [0.3, 0.4) is 0 Å². The predicted molar refractivity (Wildman–Crippen MR) is 219 cm³/mol. The molecule has 0 fully saturated rings. The summed E-state index contributed by atoms with van der Waals surface area (Å²) in [6.07, 6.45) is 0. The fraction of sp³-hybridized carbons (Fsp3) is 0.333. The predicted octanol–water partition coefficient (Wildman–Crippen LogP) is 12.8. The number of hydrogen-bond donors (Lipinski definition) is 0. The Labute approximate surface area is 308 Å². The third-order valence-electron chi connectivity index (χ3n) is 10.8. The van der Waals surface area contributed by atoms with Gasteiger partial charge in [0, 0.05) is 21.5 Å². The van der Waals surface area contributed by atoms with Crippen LogP contribution in [0.5, 0.6) is 0 Å². The van der Waals surface area contributed by atoms with Crippen molar-refractivity contribution in [2.45, 2.75) is 105 Å². The molecule has 7 rings (SSSR count). The van der Waals surface area contributed by atoms with Gasteiger partial charge in [0.25, 0.3) is 0 Å². The van der Waals surface area contributed by atoms with E-state index in [0.717, 1.165) is 49.3 Å². The third kappa shape index (κ3) is 5.57. The van der Waals surface area contributed by atoms with Crippen LogP contribution in [0.25, 0.3) is 55.0 Å². The number of hydrogen-bond acceptors (Lipinski definition) is 2. The van der Waals surface area contributed by atoms with E-state index in [1.165, 1.54) is 22.3 Å². The van der Waals surface area contributed by atoms with Gasteiger partial charge in [0.05, 0.1) is 39.0 Å². The van der Waals surface area contributed by atoms with Crippen molar-refractivity contribution in [1.29, 1.82) is 10.5 Å². The molecule has 0 atom stereocenters. The lowest BCUT2D eigenvalue weighted by Crippen LogP contribution is -2.11. The minimum atomic E-state index is -0.0456. The van der Waals surface area contributed by atoms with Crippen LogP contribution in [0.1, 0.15) is 116 Å². The fourth-order valence-electron chi connectivity index (χ4n) is 7.61. The Morgan fingerprint density at radius 3 is 1.02 bits per heavy atom. The van der Waals surface area contributed by atoms with E-state index < -0.39 is 0 Å². The number of fused-ring (bicyclic) bond motifs is 6. The quantitative estimate of drug-likeness (QED) is 0.182. The molecule has 0 saturated carbocycles. The molecule has 0 bridgehead atoms. The summed E-state index contributed by atoms with van der Waals surface area (Å²) in [5.74, 6) is 0. The van der Waals surface area contributed by atoms with E-state index in [1.807, 2.05) is 12.1 Å². The maximum absolute atomic E-state index is 11.2. The van der Waals surface area contributed by atoms with Gasteiger partial charge in [-0.3, -0.25) is 0 Å². The second-order valence-corrected chi connectivity index (χ2v) is 18.7. The van der Waals surface area contributed by atoms with Gasteiger partial charge in [0.15, 0.2) is 0 Å². The number of rotatable bonds is 2. The summed E-state index contributed by atoms with van der Waals surface area (Å²) in [4.78, 5) is 0. The zero-order chi connectivity index (χ0) is 37.7. The highest BCUT2D eigenvalue weighted by atomic mass is 15.0. The molecule has 0 spiro atoms. The topological polar surface area (TPSA) is 57.4 Å². The molecule has 4 heteroatoms. The van der Waals surface area contributed by atoms with Crippen LogP contribution in [0.15, 0.2) is 84.9 Å². The zero-order valence-corrected chi connectivity index (χ0v) is 32.9. The lowest BCUT2D eigenvalue weighted by atomic mass is 9.85. The zero-order valence-electron chi connectivity index (χ0n) is 32.9. The van der Waals surface area contributed by atoms with Gasteiger partial charge in [-0.25, -0.2) is 0 Å². The molecule has 0 aliphatic carbocycles. The molecule has 7 aromatic rings. The Bertz CT molecular complexity index is 2530. The molecule has 52 heavy (non-hydrogen) atoms. The molecular weight excluding hydrogens is 633 g/mol. The SMILES string of the molecule is CC(C)(C)c1ccc2c(c1)c1cc(C(C)(C)C)ccc1n2-c1ccc(C#N)c(-n2c3ccc(C(C)(C)C)cc3c3cc(C(C)(C)C)ccc32)c1C#N. The first-order chi connectivity index (χ1) is 24.2. The van der Waals surface area contributed by atoms with Crippen LogP contribution in [-0.2, 0) is 21.7 Å². The normalized spacial score (nSPS) is 13.0. The van der Waals surface area contributed by atoms with E-state index in [-0.39, 0.29) is 21.7 Å². The van der Waals surface area contributed by atoms with Gasteiger partial charge in [-0.05, 0) is 105 Å². The summed E-state index contributed by atoms with van der Waals surface area (Å²) in [7, 11) is 0. The lowest BCUT2D eigenvalue weighted by molar-refractivity contribution is 0.590. The van der Waals surface area contributed by atoms with Crippen LogP contribution in [0, 0.1) is 22.7 Å². The highest BCUT2D eigenvalue weighted by molar-refractivity contribution is 6.12. The van der Waals surface area contributed by atoms with Gasteiger partial charge in [-0.1, -0.05) is 107 Å². The van der Waals surface area contributed by atoms with Gasteiger partial charge in [0.2, 0.25) is 0 Å². The van der Waals surface area contributed by atoms with Crippen LogP contribution < -0.4 is 0 Å². The Morgan fingerprint density at radius 2 is 0.731 bits per heavy atom. The lowest BCUT2D eigenvalue weighted by Gasteiger charge is -2.20. The highest BCUT2D eigenvalue weighted by Gasteiger charge is 2.27. The summed E-state index contributed by atoms with van der Waals surface area (Å²) < 4.78 is 4.39. The fourth-order valence-corrected chi connectivity index (χ4v) is 7.61. The molecular formula is C48H50N4. The maximum Gasteiger partial charge on any atom is 0.104 e. The van der Waals surface area contributed by atoms with Crippen molar-refractivity contribution >= 4 is 43.6 Å². The van der Waals surface area contributed by atoms with Crippen molar-refractivity contribution < 1.29 is 0 Å². The number of aromatic nitrogens is 2. The summed E-state index contributed by atoms with van der Waals surface area (Å²) in [6.45, 7) is 26.9. The molecule has 0 radical (unpaired) electrons. The third-order valence-corrected chi connectivity index (χ3v) is 10.8. The van der Waals surface area contributed by atoms with Gasteiger partial charge in [-0.15, -0.1) is 0 Å². The monoisotopic (exact) mass is 682 g/mol. The number of benzene rings is 5. The molecule has 262 valence electrons. The van der Waals surface area contributed by atoms with Crippen molar-refractivity contribution in [2.75, 3.05) is 0 Å². The van der Waals surface area contributed by atoms with Crippen LogP contribution in [0.2, 0.25) is 0 Å². The molecule has 4 nitrogen and oxygen atoms in total. The van der Waals surface area contributed by atoms with E-state index in [1.54, 1.807) is 0 Å². The largest absolute Gasteiger partial charge is 0.308 e. The van der Waals surface area contributed by atoms with Gasteiger partial charge >= 0.3 is 0 Å². The Hall–Kier alpha value is -5.32. The summed E-state index contributed by atoms with van der Waals surface area (Å²) >= 11 is 0. The Balaban J connectivity index is 1.62. The average molecular weight is 683 g/mol. The summed E-state index contributed by atoms with van der Waals surface area (Å²) in [5.41, 5.74) is 11.2. The van der Waals surface area contributed by atoms with Crippen LogP contribution in [-0.4, -0.2) is 9.13 Å². The first-order valence-corrected chi connectivity index (χ1v) is 18.4. The Kier molecular flexibility index (Phi) is 7.83. The minimum Gasteiger partial charge on any atom is -0.308 e. The van der Waals surface area contributed by atoms with Crippen LogP contribution >= 0.6 is 0 Å². The average Bonchev–Trinajstić information content (AvgIpc) is 3.57. The van der Waals surface area contributed by atoms with Crippen molar-refractivity contribution in [3.8, 4) is 23.5 Å². The molecule has 0 unspecified atom stereocenters. The highest BCUT2D eigenvalue weighted by Crippen LogP contribution is 2.42. The van der Waals surface area contributed by atoms with Crippen LogP contribution in [0.4, 0.5) is 0 Å². The second kappa shape index (κ2) is 11.6. The molecule has 0 saturated heterocycles. The summed E-state index contributed by atoms with van der Waals surface area (Å²) in [5, 5.41) is 26.5. The van der Waals surface area contributed by atoms with E-state index >= 15 is 0 Å². The maximum atomic E-state index is 11.2. The molecule has 2 aromatic heterocycles. The van der Waals surface area contributed by atoms with E-state index in [9.17, 15) is 10.5 Å². The van der Waals surface area contributed by atoms with Crippen molar-refractivity contribution in [1.82, 2.24) is 9.13 Å². The molecule has 0 aliphatic heterocycles. The minimum absolute atomic E-state index is 0.0279. The van der Waals surface area contributed by atoms with E-state index in [2.05, 4.69) is 177 Å². The van der Waals surface area contributed by atoms with Gasteiger partial charge in [-0.2, -0.15) is 10.5 Å². The van der Waals surface area contributed by atoms with Gasteiger partial charge in [0.1, 0.15) is 17.7 Å². The van der Waals surface area contributed by atoms with Gasteiger partial charge < -0.3 is 9.13 Å². The van der Waals surface area contributed by atoms with E-state index in [0.29, 0.717) is 16.8 Å². The Morgan fingerprint density at radius 1 is 0.404 bits per heavy atom. The first-order valence-electron chi connectivity index (χ1n) is 18.4. The van der Waals surface area contributed by atoms with E-state index in [4.69, 9.17) is 0 Å². The molecule has 5 aromatic carbocycles. The molecule has 0 amide bonds. The second-order valence-electron chi connectivity index (χ2n) is 18.7. The summed E-state index contributed by atoms with van der Waals surface area (Å²) in [6, 6.07) is 35.7. The first kappa shape index (κ1) is 35.1. The molecule has 0 aliphatic rings. The molecule has 2 heterocycles. The number of nitriles is 2.